The summed E-state index contributed by atoms with van der Waals surface area (Å²) in [6, 6.07) is 4.22. The molecule has 0 heterocycles. The Morgan fingerprint density at radius 2 is 1.67 bits per heavy atom. The van der Waals surface area contributed by atoms with Crippen LogP contribution in [-0.2, 0) is 12.6 Å². The molecule has 0 fully saturated rings. The fourth-order valence-electron chi connectivity index (χ4n) is 1.29. The summed E-state index contributed by atoms with van der Waals surface area (Å²) in [7, 11) is 0. The highest BCUT2D eigenvalue weighted by molar-refractivity contribution is 5.33. The molecule has 0 N–H and O–H groups in total. The van der Waals surface area contributed by atoms with Gasteiger partial charge in [0.1, 0.15) is 0 Å². The van der Waals surface area contributed by atoms with E-state index in [0.29, 0.717) is 12.0 Å². The van der Waals surface area contributed by atoms with Crippen molar-refractivity contribution in [1.29, 1.82) is 0 Å². The highest BCUT2D eigenvalue weighted by Crippen LogP contribution is 2.32. The summed E-state index contributed by atoms with van der Waals surface area (Å²) in [6.07, 6.45) is -3.81. The number of alkyl halides is 3. The number of hydrogen-bond acceptors (Lipinski definition) is 0. The van der Waals surface area contributed by atoms with Crippen LogP contribution in [-0.4, -0.2) is 0 Å². The van der Waals surface area contributed by atoms with Crippen molar-refractivity contribution < 1.29 is 13.2 Å². The summed E-state index contributed by atoms with van der Waals surface area (Å²) >= 11 is 0. The molecule has 0 aliphatic rings. The fraction of sp³-hybridized carbons (Fsp3) is 0.500. The molecule has 0 aliphatic heterocycles. The lowest BCUT2D eigenvalue weighted by molar-refractivity contribution is -0.138. The number of halogens is 3. The van der Waals surface area contributed by atoms with E-state index >= 15 is 0 Å². The van der Waals surface area contributed by atoms with E-state index in [4.69, 9.17) is 0 Å². The van der Waals surface area contributed by atoms with Gasteiger partial charge < -0.3 is 0 Å². The zero-order valence-electron chi connectivity index (χ0n) is 9.57. The first-order valence-corrected chi connectivity index (χ1v) is 5.12. The van der Waals surface area contributed by atoms with E-state index in [-0.39, 0.29) is 0 Å². The highest BCUT2D eigenvalue weighted by atomic mass is 19.4. The normalized spacial score (nSPS) is 10.6. The van der Waals surface area contributed by atoms with Gasteiger partial charge in [-0.05, 0) is 25.0 Å². The van der Waals surface area contributed by atoms with Gasteiger partial charge in [-0.2, -0.15) is 13.2 Å². The van der Waals surface area contributed by atoms with E-state index in [9.17, 15) is 13.2 Å². The molecule has 0 atom stereocenters. The molecular formula is C12H17F3. The van der Waals surface area contributed by atoms with Gasteiger partial charge in [0.15, 0.2) is 0 Å². The lowest BCUT2D eigenvalue weighted by Crippen LogP contribution is -2.08. The van der Waals surface area contributed by atoms with E-state index < -0.39 is 11.7 Å². The fourth-order valence-corrected chi connectivity index (χ4v) is 1.29. The lowest BCUT2D eigenvalue weighted by Gasteiger charge is -2.11. The van der Waals surface area contributed by atoms with Crippen LogP contribution in [0.5, 0.6) is 0 Å². The molecule has 0 saturated carbocycles. The van der Waals surface area contributed by atoms with Crippen LogP contribution in [0.15, 0.2) is 18.2 Å². The summed E-state index contributed by atoms with van der Waals surface area (Å²) in [5, 5.41) is 0. The Morgan fingerprint density at radius 3 is 2.07 bits per heavy atom. The predicted molar refractivity (Wildman–Crippen MR) is 56.9 cm³/mol. The summed E-state index contributed by atoms with van der Waals surface area (Å²) in [5.74, 6) is 0. The molecule has 15 heavy (non-hydrogen) atoms. The number of aryl methyl sites for hydroxylation is 2. The van der Waals surface area contributed by atoms with E-state index in [1.165, 1.54) is 6.07 Å². The quantitative estimate of drug-likeness (QED) is 0.646. The van der Waals surface area contributed by atoms with E-state index in [0.717, 1.165) is 11.6 Å². The zero-order chi connectivity index (χ0) is 12.1. The van der Waals surface area contributed by atoms with Gasteiger partial charge in [0, 0.05) is 0 Å². The van der Waals surface area contributed by atoms with Crippen LogP contribution >= 0.6 is 0 Å². The molecule has 0 aliphatic carbocycles. The van der Waals surface area contributed by atoms with Crippen molar-refractivity contribution in [2.24, 2.45) is 0 Å². The van der Waals surface area contributed by atoms with Crippen LogP contribution in [0.4, 0.5) is 13.2 Å². The average Bonchev–Trinajstić information content (AvgIpc) is 2.18. The SMILES string of the molecule is CC.CCc1cc(C)ccc1C(F)(F)F. The van der Waals surface area contributed by atoms with Crippen molar-refractivity contribution in [1.82, 2.24) is 0 Å². The van der Waals surface area contributed by atoms with Crippen molar-refractivity contribution in [2.75, 3.05) is 0 Å². The van der Waals surface area contributed by atoms with Crippen LogP contribution in [0.25, 0.3) is 0 Å². The Kier molecular flexibility index (Phi) is 5.40. The van der Waals surface area contributed by atoms with Crippen molar-refractivity contribution in [3.05, 3.63) is 34.9 Å². The van der Waals surface area contributed by atoms with Gasteiger partial charge in [-0.15, -0.1) is 0 Å². The zero-order valence-corrected chi connectivity index (χ0v) is 9.57. The third kappa shape index (κ3) is 3.94. The van der Waals surface area contributed by atoms with Gasteiger partial charge in [-0.25, -0.2) is 0 Å². The summed E-state index contributed by atoms with van der Waals surface area (Å²) in [5.41, 5.74) is 0.720. The summed E-state index contributed by atoms with van der Waals surface area (Å²) in [6.45, 7) is 7.52. The second-order valence-electron chi connectivity index (χ2n) is 3.01. The first-order valence-electron chi connectivity index (χ1n) is 5.12. The van der Waals surface area contributed by atoms with Crippen molar-refractivity contribution in [2.45, 2.75) is 40.3 Å². The van der Waals surface area contributed by atoms with Gasteiger partial charge >= 0.3 is 6.18 Å². The van der Waals surface area contributed by atoms with Crippen LogP contribution in [0, 0.1) is 6.92 Å². The Bertz CT molecular complexity index is 300. The largest absolute Gasteiger partial charge is 0.416 e. The van der Waals surface area contributed by atoms with Gasteiger partial charge in [-0.3, -0.25) is 0 Å². The van der Waals surface area contributed by atoms with Crippen molar-refractivity contribution in [3.8, 4) is 0 Å². The van der Waals surface area contributed by atoms with Gasteiger partial charge in [0.05, 0.1) is 5.56 Å². The topological polar surface area (TPSA) is 0 Å². The Labute approximate surface area is 89.1 Å². The van der Waals surface area contributed by atoms with Crippen LogP contribution in [0.3, 0.4) is 0 Å². The number of hydrogen-bond donors (Lipinski definition) is 0. The van der Waals surface area contributed by atoms with Gasteiger partial charge in [-0.1, -0.05) is 38.5 Å². The van der Waals surface area contributed by atoms with E-state index in [1.807, 2.05) is 13.8 Å². The van der Waals surface area contributed by atoms with Gasteiger partial charge in [0.2, 0.25) is 0 Å². The van der Waals surface area contributed by atoms with Crippen LogP contribution in [0.2, 0.25) is 0 Å². The second-order valence-corrected chi connectivity index (χ2v) is 3.01. The monoisotopic (exact) mass is 218 g/mol. The number of benzene rings is 1. The molecule has 3 heteroatoms. The third-order valence-electron chi connectivity index (χ3n) is 1.95. The maximum atomic E-state index is 12.4. The Balaban J connectivity index is 0.000000921. The van der Waals surface area contributed by atoms with Gasteiger partial charge in [0.25, 0.3) is 0 Å². The summed E-state index contributed by atoms with van der Waals surface area (Å²) < 4.78 is 37.1. The standard InChI is InChI=1S/C10H11F3.C2H6/c1-3-8-6-7(2)4-5-9(8)10(11,12)13;1-2/h4-6H,3H2,1-2H3;1-2H3. The highest BCUT2D eigenvalue weighted by Gasteiger charge is 2.32. The maximum absolute atomic E-state index is 12.4. The van der Waals surface area contributed by atoms with E-state index in [1.54, 1.807) is 19.9 Å². The molecule has 86 valence electrons. The molecule has 1 aromatic carbocycles. The predicted octanol–water partition coefficient (Wildman–Crippen LogP) is 4.60. The first kappa shape index (κ1) is 14.0. The molecule has 0 nitrogen and oxygen atoms in total. The van der Waals surface area contributed by atoms with E-state index in [2.05, 4.69) is 0 Å². The lowest BCUT2D eigenvalue weighted by atomic mass is 10.0. The molecule has 1 rings (SSSR count). The molecule has 0 radical (unpaired) electrons. The van der Waals surface area contributed by atoms with Crippen molar-refractivity contribution in [3.63, 3.8) is 0 Å². The average molecular weight is 218 g/mol. The van der Waals surface area contributed by atoms with Crippen LogP contribution < -0.4 is 0 Å². The molecular weight excluding hydrogens is 201 g/mol. The maximum Gasteiger partial charge on any atom is 0.416 e. The molecule has 0 aromatic heterocycles. The Hall–Kier alpha value is -0.990. The van der Waals surface area contributed by atoms with Crippen LogP contribution in [0.1, 0.15) is 37.5 Å². The summed E-state index contributed by atoms with van der Waals surface area (Å²) in [4.78, 5) is 0. The first-order chi connectivity index (χ1) is 6.95. The second kappa shape index (κ2) is 5.79. The molecule has 0 bridgehead atoms. The molecule has 0 saturated heterocycles. The minimum atomic E-state index is -4.22. The Morgan fingerprint density at radius 1 is 1.13 bits per heavy atom. The molecule has 0 amide bonds. The minimum absolute atomic E-state index is 0.368. The number of rotatable bonds is 1. The minimum Gasteiger partial charge on any atom is -0.166 e. The third-order valence-corrected chi connectivity index (χ3v) is 1.95. The smallest absolute Gasteiger partial charge is 0.166 e. The molecule has 0 spiro atoms. The molecule has 1 aromatic rings. The van der Waals surface area contributed by atoms with Crippen molar-refractivity contribution >= 4 is 0 Å². The molecule has 0 unspecified atom stereocenters.